The summed E-state index contributed by atoms with van der Waals surface area (Å²) >= 11 is 3.35. The molecule has 0 aliphatic carbocycles. The molecule has 2 nitrogen and oxygen atoms in total. The minimum Gasteiger partial charge on any atom is -0.396 e. The number of aliphatic hydroxyl groups excluding tert-OH is 2. The maximum Gasteiger partial charge on any atom is 0.0490 e. The van der Waals surface area contributed by atoms with Gasteiger partial charge in [0.05, 0.1) is 0 Å². The van der Waals surface area contributed by atoms with E-state index in [0.717, 1.165) is 0 Å². The number of rotatable bonds is 5. The van der Waals surface area contributed by atoms with E-state index in [1.54, 1.807) is 22.7 Å². The molecule has 2 aromatic rings. The Morgan fingerprint density at radius 2 is 1.44 bits per heavy atom. The summed E-state index contributed by atoms with van der Waals surface area (Å²) in [6.45, 7) is 0.0218. The van der Waals surface area contributed by atoms with Crippen LogP contribution in [0.1, 0.15) is 15.7 Å². The fraction of sp³-hybridized carbons (Fsp3) is 0.333. The second-order valence-electron chi connectivity index (χ2n) is 3.63. The van der Waals surface area contributed by atoms with Crippen LogP contribution in [-0.2, 0) is 0 Å². The Labute approximate surface area is 103 Å². The van der Waals surface area contributed by atoms with Crippen molar-refractivity contribution in [3.8, 4) is 0 Å². The normalized spacial score (nSPS) is 11.5. The molecule has 2 heterocycles. The Morgan fingerprint density at radius 3 is 1.75 bits per heavy atom. The first-order valence-corrected chi connectivity index (χ1v) is 6.91. The van der Waals surface area contributed by atoms with Crippen molar-refractivity contribution in [1.82, 2.24) is 0 Å². The summed E-state index contributed by atoms with van der Waals surface area (Å²) in [6, 6.07) is 8.14. The highest BCUT2D eigenvalue weighted by Crippen LogP contribution is 2.36. The van der Waals surface area contributed by atoms with Crippen LogP contribution in [0.25, 0.3) is 0 Å². The largest absolute Gasteiger partial charge is 0.396 e. The Balaban J connectivity index is 2.34. The van der Waals surface area contributed by atoms with E-state index in [1.165, 1.54) is 9.75 Å². The van der Waals surface area contributed by atoms with Crippen LogP contribution in [-0.4, -0.2) is 23.4 Å². The second-order valence-corrected chi connectivity index (χ2v) is 5.59. The maximum absolute atomic E-state index is 9.34. The third-order valence-corrected chi connectivity index (χ3v) is 4.55. The van der Waals surface area contributed by atoms with Crippen LogP contribution in [0.4, 0.5) is 0 Å². The van der Waals surface area contributed by atoms with Gasteiger partial charge in [-0.05, 0) is 22.9 Å². The number of hydrogen-bond donors (Lipinski definition) is 2. The van der Waals surface area contributed by atoms with E-state index >= 15 is 0 Å². The van der Waals surface area contributed by atoms with Crippen molar-refractivity contribution in [3.05, 3.63) is 44.8 Å². The van der Waals surface area contributed by atoms with E-state index < -0.39 is 0 Å². The molecule has 0 unspecified atom stereocenters. The number of hydrogen-bond acceptors (Lipinski definition) is 4. The van der Waals surface area contributed by atoms with Crippen LogP contribution in [0.2, 0.25) is 0 Å². The van der Waals surface area contributed by atoms with Crippen LogP contribution in [0, 0.1) is 5.92 Å². The van der Waals surface area contributed by atoms with Gasteiger partial charge >= 0.3 is 0 Å². The molecule has 0 aliphatic rings. The first-order chi connectivity index (χ1) is 7.86. The molecule has 0 aliphatic heterocycles. The van der Waals surface area contributed by atoms with E-state index in [-0.39, 0.29) is 25.0 Å². The molecule has 0 fully saturated rings. The molecular formula is C12H14O2S2. The van der Waals surface area contributed by atoms with Gasteiger partial charge in [-0.25, -0.2) is 0 Å². The van der Waals surface area contributed by atoms with Crippen molar-refractivity contribution in [2.24, 2.45) is 5.92 Å². The third kappa shape index (κ3) is 2.35. The molecule has 2 N–H and O–H groups in total. The minimum absolute atomic E-state index is 0.0109. The zero-order valence-corrected chi connectivity index (χ0v) is 10.4. The molecule has 2 rings (SSSR count). The van der Waals surface area contributed by atoms with Crippen LogP contribution >= 0.6 is 22.7 Å². The van der Waals surface area contributed by atoms with Gasteiger partial charge in [-0.3, -0.25) is 0 Å². The molecule has 16 heavy (non-hydrogen) atoms. The standard InChI is InChI=1S/C12H14O2S2/c13-7-9(8-14)12(10-3-1-5-15-10)11-4-2-6-16-11/h1-6,9,12-14H,7-8H2. The van der Waals surface area contributed by atoms with Crippen molar-refractivity contribution in [2.45, 2.75) is 5.92 Å². The van der Waals surface area contributed by atoms with Gasteiger partial charge in [0.15, 0.2) is 0 Å². The summed E-state index contributed by atoms with van der Waals surface area (Å²) in [4.78, 5) is 2.41. The van der Waals surface area contributed by atoms with Crippen LogP contribution in [0.5, 0.6) is 0 Å². The smallest absolute Gasteiger partial charge is 0.0490 e. The minimum atomic E-state index is -0.114. The van der Waals surface area contributed by atoms with Gasteiger partial charge in [-0.2, -0.15) is 0 Å². The Kier molecular flexibility index (Phi) is 4.12. The van der Waals surface area contributed by atoms with Crippen molar-refractivity contribution < 1.29 is 10.2 Å². The van der Waals surface area contributed by atoms with Gasteiger partial charge in [-0.1, -0.05) is 12.1 Å². The first-order valence-electron chi connectivity index (χ1n) is 5.15. The van der Waals surface area contributed by atoms with Crippen molar-refractivity contribution in [1.29, 1.82) is 0 Å². The zero-order chi connectivity index (χ0) is 11.4. The molecule has 2 aromatic heterocycles. The highest BCUT2D eigenvalue weighted by Gasteiger charge is 2.25. The van der Waals surface area contributed by atoms with E-state index in [9.17, 15) is 10.2 Å². The summed E-state index contributed by atoms with van der Waals surface area (Å²) in [5, 5.41) is 22.7. The summed E-state index contributed by atoms with van der Waals surface area (Å²) in [5.74, 6) is 0.00676. The molecule has 4 heteroatoms. The molecule has 0 saturated heterocycles. The molecule has 86 valence electrons. The Bertz CT molecular complexity index is 356. The van der Waals surface area contributed by atoms with Crippen molar-refractivity contribution >= 4 is 22.7 Å². The predicted octanol–water partition coefficient (Wildman–Crippen LogP) is 2.54. The van der Waals surface area contributed by atoms with E-state index in [1.807, 2.05) is 22.9 Å². The van der Waals surface area contributed by atoms with E-state index in [4.69, 9.17) is 0 Å². The van der Waals surface area contributed by atoms with Crippen molar-refractivity contribution in [2.75, 3.05) is 13.2 Å². The quantitative estimate of drug-likeness (QED) is 0.861. The van der Waals surface area contributed by atoms with Gasteiger partial charge in [0.25, 0.3) is 0 Å². The monoisotopic (exact) mass is 254 g/mol. The summed E-state index contributed by atoms with van der Waals surface area (Å²) < 4.78 is 0. The third-order valence-electron chi connectivity index (χ3n) is 2.64. The lowest BCUT2D eigenvalue weighted by atomic mass is 9.91. The SMILES string of the molecule is OCC(CO)C(c1cccs1)c1cccs1. The summed E-state index contributed by atoms with van der Waals surface area (Å²) in [7, 11) is 0. The van der Waals surface area contributed by atoms with E-state index in [2.05, 4.69) is 12.1 Å². The second kappa shape index (κ2) is 5.59. The maximum atomic E-state index is 9.34. The number of aliphatic hydroxyl groups is 2. The van der Waals surface area contributed by atoms with Gasteiger partial charge < -0.3 is 10.2 Å². The van der Waals surface area contributed by atoms with Gasteiger partial charge in [0, 0.05) is 34.8 Å². The fourth-order valence-electron chi connectivity index (χ4n) is 1.81. The molecule has 0 saturated carbocycles. The number of thiophene rings is 2. The molecule has 0 radical (unpaired) electrons. The topological polar surface area (TPSA) is 40.5 Å². The lowest BCUT2D eigenvalue weighted by Gasteiger charge is -2.21. The lowest BCUT2D eigenvalue weighted by molar-refractivity contribution is 0.140. The van der Waals surface area contributed by atoms with Crippen LogP contribution in [0.15, 0.2) is 35.0 Å². The molecule has 0 atom stereocenters. The van der Waals surface area contributed by atoms with Crippen LogP contribution < -0.4 is 0 Å². The average Bonchev–Trinajstić information content (AvgIpc) is 2.98. The molecule has 0 amide bonds. The molecule has 0 aromatic carbocycles. The molecule has 0 spiro atoms. The summed E-state index contributed by atoms with van der Waals surface area (Å²) in [6.07, 6.45) is 0. The van der Waals surface area contributed by atoms with Gasteiger partial charge in [-0.15, -0.1) is 22.7 Å². The Morgan fingerprint density at radius 1 is 0.938 bits per heavy atom. The molecular weight excluding hydrogens is 240 g/mol. The fourth-order valence-corrected chi connectivity index (χ4v) is 3.76. The zero-order valence-electron chi connectivity index (χ0n) is 8.74. The summed E-state index contributed by atoms with van der Waals surface area (Å²) in [5.41, 5.74) is 0. The Hall–Kier alpha value is -0.680. The highest BCUT2D eigenvalue weighted by molar-refractivity contribution is 7.11. The molecule has 0 bridgehead atoms. The first kappa shape index (κ1) is 11.8. The lowest BCUT2D eigenvalue weighted by Crippen LogP contribution is -2.20. The highest BCUT2D eigenvalue weighted by atomic mass is 32.1. The van der Waals surface area contributed by atoms with Gasteiger partial charge in [0.2, 0.25) is 0 Å². The average molecular weight is 254 g/mol. The van der Waals surface area contributed by atoms with Gasteiger partial charge in [0.1, 0.15) is 0 Å². The van der Waals surface area contributed by atoms with Crippen molar-refractivity contribution in [3.63, 3.8) is 0 Å². The predicted molar refractivity (Wildman–Crippen MR) is 68.1 cm³/mol. The van der Waals surface area contributed by atoms with Crippen LogP contribution in [0.3, 0.4) is 0 Å². The van der Waals surface area contributed by atoms with E-state index in [0.29, 0.717) is 0 Å².